The number of anilines is 1. The summed E-state index contributed by atoms with van der Waals surface area (Å²) in [6, 6.07) is 3.06. The number of para-hydroxylation sites is 1. The zero-order valence-corrected chi connectivity index (χ0v) is 12.6. The van der Waals surface area contributed by atoms with Crippen molar-refractivity contribution in [2.75, 3.05) is 5.32 Å². The molecule has 1 heterocycles. The first-order valence-corrected chi connectivity index (χ1v) is 7.35. The van der Waals surface area contributed by atoms with Gasteiger partial charge in [-0.15, -0.1) is 0 Å². The van der Waals surface area contributed by atoms with Crippen LogP contribution in [0.3, 0.4) is 0 Å². The first-order valence-electron chi connectivity index (χ1n) is 6.98. The predicted molar refractivity (Wildman–Crippen MR) is 81.0 cm³/mol. The number of alkyl halides is 3. The molecule has 1 aliphatic heterocycles. The van der Waals surface area contributed by atoms with E-state index in [0.717, 1.165) is 12.8 Å². The number of carbonyl (C=O) groups is 1. The maximum absolute atomic E-state index is 13.8. The third-order valence-corrected chi connectivity index (χ3v) is 4.03. The lowest BCUT2D eigenvalue weighted by atomic mass is 9.86. The first-order chi connectivity index (χ1) is 10.8. The van der Waals surface area contributed by atoms with Gasteiger partial charge in [0.05, 0.1) is 10.7 Å². The normalized spacial score (nSPS) is 23.6. The highest BCUT2D eigenvalue weighted by atomic mass is 35.5. The van der Waals surface area contributed by atoms with E-state index in [9.17, 15) is 18.0 Å². The minimum Gasteiger partial charge on any atom is -0.310 e. The fourth-order valence-corrected chi connectivity index (χ4v) is 2.58. The van der Waals surface area contributed by atoms with Crippen molar-refractivity contribution in [1.29, 1.82) is 0 Å². The van der Waals surface area contributed by atoms with Gasteiger partial charge in [-0.2, -0.15) is 13.2 Å². The summed E-state index contributed by atoms with van der Waals surface area (Å²) in [5.41, 5.74) is -3.08. The number of nitrogens with one attached hydrogen (secondary N) is 2. The Labute approximate surface area is 135 Å². The number of urea groups is 1. The maximum Gasteiger partial charge on any atom is 0.427 e. The number of allylic oxidation sites excluding steroid dienone is 2. The lowest BCUT2D eigenvalue weighted by molar-refractivity contribution is -0.178. The third-order valence-electron chi connectivity index (χ3n) is 3.72. The molecule has 7 heteroatoms. The average Bonchev–Trinajstić information content (AvgIpc) is 3.27. The van der Waals surface area contributed by atoms with E-state index >= 15 is 0 Å². The molecule has 1 aromatic rings. The molecule has 23 heavy (non-hydrogen) atoms. The molecule has 0 aromatic heterocycles. The molecule has 120 valence electrons. The molecule has 0 saturated heterocycles. The Kier molecular flexibility index (Phi) is 3.77. The van der Waals surface area contributed by atoms with Gasteiger partial charge in [0.15, 0.2) is 0 Å². The smallest absolute Gasteiger partial charge is 0.310 e. The predicted octanol–water partition coefficient (Wildman–Crippen LogP) is 4.20. The van der Waals surface area contributed by atoms with Gasteiger partial charge < -0.3 is 10.6 Å². The Bertz CT molecular complexity index is 744. The lowest BCUT2D eigenvalue weighted by Crippen LogP contribution is -2.59. The number of fused-ring (bicyclic) bond motifs is 1. The van der Waals surface area contributed by atoms with Crippen molar-refractivity contribution < 1.29 is 18.0 Å². The fourth-order valence-electron chi connectivity index (χ4n) is 2.36. The Morgan fingerprint density at radius 1 is 1.35 bits per heavy atom. The molecule has 3 rings (SSSR count). The molecule has 1 aliphatic carbocycles. The van der Waals surface area contributed by atoms with E-state index in [-0.39, 0.29) is 16.3 Å². The zero-order valence-electron chi connectivity index (χ0n) is 11.8. The van der Waals surface area contributed by atoms with Crippen molar-refractivity contribution in [1.82, 2.24) is 5.32 Å². The van der Waals surface area contributed by atoms with E-state index in [1.54, 1.807) is 6.08 Å². The highest BCUT2D eigenvalue weighted by molar-refractivity contribution is 6.34. The molecule has 0 radical (unpaired) electrons. The van der Waals surface area contributed by atoms with Crippen molar-refractivity contribution >= 4 is 23.3 Å². The second kappa shape index (κ2) is 5.50. The molecule has 0 spiro atoms. The molecular weight excluding hydrogens is 329 g/mol. The molecule has 1 atom stereocenters. The van der Waals surface area contributed by atoms with Crippen LogP contribution >= 0.6 is 11.6 Å². The number of hydrogen-bond donors (Lipinski definition) is 2. The first kappa shape index (κ1) is 15.8. The van der Waals surface area contributed by atoms with Crippen LogP contribution in [0, 0.1) is 17.8 Å². The van der Waals surface area contributed by atoms with Gasteiger partial charge in [0, 0.05) is 5.56 Å². The topological polar surface area (TPSA) is 41.1 Å². The molecule has 2 N–H and O–H groups in total. The van der Waals surface area contributed by atoms with Gasteiger partial charge in [0.1, 0.15) is 0 Å². The van der Waals surface area contributed by atoms with E-state index in [4.69, 9.17) is 11.6 Å². The Morgan fingerprint density at radius 3 is 2.74 bits per heavy atom. The van der Waals surface area contributed by atoms with Crippen LogP contribution in [0.2, 0.25) is 5.02 Å². The Morgan fingerprint density at radius 2 is 2.09 bits per heavy atom. The number of benzene rings is 1. The molecule has 1 fully saturated rings. The number of rotatable bonds is 1. The summed E-state index contributed by atoms with van der Waals surface area (Å²) >= 11 is 5.92. The second-order valence-electron chi connectivity index (χ2n) is 5.46. The molecule has 2 amide bonds. The lowest BCUT2D eigenvalue weighted by Gasteiger charge is -2.37. The van der Waals surface area contributed by atoms with E-state index in [2.05, 4.69) is 17.2 Å². The summed E-state index contributed by atoms with van der Waals surface area (Å²) in [4.78, 5) is 11.7. The SMILES string of the molecule is O=C1Nc2c(Cl)cccc2[C@@](C#C/C=C/C2CC2)(C(F)(F)F)N1. The summed E-state index contributed by atoms with van der Waals surface area (Å²) in [6.07, 6.45) is 0.441. The largest absolute Gasteiger partial charge is 0.427 e. The summed E-state index contributed by atoms with van der Waals surface area (Å²) in [7, 11) is 0. The van der Waals surface area contributed by atoms with Crippen molar-refractivity contribution in [2.45, 2.75) is 24.6 Å². The minimum atomic E-state index is -4.80. The molecule has 0 unspecified atom stereocenters. The summed E-state index contributed by atoms with van der Waals surface area (Å²) in [5, 5.41) is 4.25. The molecule has 2 aliphatic rings. The van der Waals surface area contributed by atoms with Crippen molar-refractivity contribution in [3.8, 4) is 11.8 Å². The molecule has 3 nitrogen and oxygen atoms in total. The van der Waals surface area contributed by atoms with Crippen LogP contribution < -0.4 is 10.6 Å². The molecule has 0 bridgehead atoms. The second-order valence-corrected chi connectivity index (χ2v) is 5.86. The third kappa shape index (κ3) is 2.89. The van der Waals surface area contributed by atoms with Gasteiger partial charge in [-0.3, -0.25) is 0 Å². The van der Waals surface area contributed by atoms with Gasteiger partial charge in [0.2, 0.25) is 5.54 Å². The monoisotopic (exact) mass is 340 g/mol. The van der Waals surface area contributed by atoms with E-state index < -0.39 is 17.7 Å². The Hall–Kier alpha value is -2.13. The molecular formula is C16H12ClF3N2O. The van der Waals surface area contributed by atoms with Gasteiger partial charge in [-0.05, 0) is 30.9 Å². The van der Waals surface area contributed by atoms with E-state index in [1.807, 2.05) is 5.32 Å². The van der Waals surface area contributed by atoms with Gasteiger partial charge in [-0.1, -0.05) is 41.7 Å². The summed E-state index contributed by atoms with van der Waals surface area (Å²) in [6.45, 7) is 0. The van der Waals surface area contributed by atoms with E-state index in [0.29, 0.717) is 5.92 Å². The molecule has 1 aromatic carbocycles. The minimum absolute atomic E-state index is 0.0290. The fraction of sp³-hybridized carbons (Fsp3) is 0.312. The number of halogens is 4. The highest BCUT2D eigenvalue weighted by Crippen LogP contribution is 2.45. The van der Waals surface area contributed by atoms with Crippen LogP contribution in [-0.4, -0.2) is 12.2 Å². The van der Waals surface area contributed by atoms with Crippen molar-refractivity contribution in [3.63, 3.8) is 0 Å². The van der Waals surface area contributed by atoms with Crippen LogP contribution in [0.5, 0.6) is 0 Å². The van der Waals surface area contributed by atoms with E-state index in [1.165, 1.54) is 24.3 Å². The van der Waals surface area contributed by atoms with Crippen LogP contribution in [0.1, 0.15) is 18.4 Å². The Balaban J connectivity index is 2.12. The standard InChI is InChI=1S/C16H12ClF3N2O/c17-12-6-3-5-11-13(12)21-14(23)22-15(11,16(18,19)20)9-2-1-4-10-7-8-10/h1,3-6,10H,7-8H2,(H2,21,22,23)/b4-1+/t15-/m0/s1. The van der Waals surface area contributed by atoms with Crippen LogP contribution in [0.25, 0.3) is 0 Å². The van der Waals surface area contributed by atoms with Crippen LogP contribution in [0.4, 0.5) is 23.7 Å². The van der Waals surface area contributed by atoms with Gasteiger partial charge in [-0.25, -0.2) is 4.79 Å². The summed E-state index contributed by atoms with van der Waals surface area (Å²) in [5.74, 6) is 5.00. The van der Waals surface area contributed by atoms with Crippen LogP contribution in [0.15, 0.2) is 30.4 Å². The van der Waals surface area contributed by atoms with Crippen LogP contribution in [-0.2, 0) is 5.54 Å². The number of hydrogen-bond acceptors (Lipinski definition) is 1. The maximum atomic E-state index is 13.8. The number of amides is 2. The highest BCUT2D eigenvalue weighted by Gasteiger charge is 2.59. The average molecular weight is 341 g/mol. The molecule has 1 saturated carbocycles. The zero-order chi connectivity index (χ0) is 16.7. The van der Waals surface area contributed by atoms with Gasteiger partial charge >= 0.3 is 12.2 Å². The van der Waals surface area contributed by atoms with Gasteiger partial charge in [0.25, 0.3) is 0 Å². The van der Waals surface area contributed by atoms with Crippen molar-refractivity contribution in [3.05, 3.63) is 40.9 Å². The van der Waals surface area contributed by atoms with Crippen molar-refractivity contribution in [2.24, 2.45) is 5.92 Å². The quantitative estimate of drug-likeness (QED) is 0.739. The summed E-state index contributed by atoms with van der Waals surface area (Å²) < 4.78 is 41.3. The number of carbonyl (C=O) groups excluding carboxylic acids is 1.